The van der Waals surface area contributed by atoms with Gasteiger partial charge >= 0.3 is 24.1 Å². The number of aliphatic carboxylic acids is 1. The van der Waals surface area contributed by atoms with Gasteiger partial charge in [0.05, 0.1) is 32.3 Å². The number of esters is 1. The molecule has 0 bridgehead atoms. The summed E-state index contributed by atoms with van der Waals surface area (Å²) in [6.07, 6.45) is 0.487. The number of ether oxygens (including phenoxy) is 3. The van der Waals surface area contributed by atoms with Crippen molar-refractivity contribution < 1.29 is 56.9 Å². The normalized spacial score (nSPS) is 28.2. The molecule has 2 aromatic carbocycles. The van der Waals surface area contributed by atoms with Gasteiger partial charge in [0.1, 0.15) is 35.9 Å². The lowest BCUT2D eigenvalue weighted by Crippen LogP contribution is -2.53. The second-order valence-electron chi connectivity index (χ2n) is 17.2. The number of carbonyl (C=O) groups excluding carboxylic acids is 5. The topological polar surface area (TPSA) is 163 Å². The van der Waals surface area contributed by atoms with Crippen LogP contribution in [-0.4, -0.2) is 104 Å². The van der Waals surface area contributed by atoms with Crippen LogP contribution in [0.1, 0.15) is 88.5 Å². The molecule has 6 heterocycles. The Kier molecular flexibility index (Phi) is 11.9. The number of halogens is 2. The molecule has 0 spiro atoms. The lowest BCUT2D eigenvalue weighted by atomic mass is 9.84. The molecule has 0 radical (unpaired) electrons. The third-order valence-electron chi connectivity index (χ3n) is 13.1. The number of rotatable bonds is 6. The molecule has 0 saturated carbocycles. The third kappa shape index (κ3) is 7.94. The number of piperidine rings is 2. The first-order chi connectivity index (χ1) is 28.1. The summed E-state index contributed by atoms with van der Waals surface area (Å²) in [6.45, 7) is 8.70. The van der Waals surface area contributed by atoms with Crippen molar-refractivity contribution >= 4 is 35.9 Å². The number of benzene rings is 2. The monoisotopic (exact) mass is 822 g/mol. The maximum atomic E-state index is 14.0. The fourth-order valence-electron chi connectivity index (χ4n) is 9.90. The van der Waals surface area contributed by atoms with Crippen molar-refractivity contribution in [1.29, 1.82) is 0 Å². The van der Waals surface area contributed by atoms with E-state index in [9.17, 15) is 42.7 Å². The Morgan fingerprint density at radius 2 is 1.08 bits per heavy atom. The average molecular weight is 823 g/mol. The SMILES string of the molecule is CC(C)[C@H]1CC[C@@H]2[C@H](OC(=O)N3Cc4cccc(F)c4C3)C[C@@H](C(=O)O)N2C1=O.COC(=O)[C@@H]1C[C@@H](OC(=O)N2Cc3cccc(F)c3C2)[C@H]2CC[C@H](C(C)C)C(=O)N21. The number of hydrogen-bond acceptors (Lipinski definition) is 9. The highest BCUT2D eigenvalue weighted by Crippen LogP contribution is 2.41. The van der Waals surface area contributed by atoms with Crippen molar-refractivity contribution in [2.75, 3.05) is 7.11 Å². The van der Waals surface area contributed by atoms with Gasteiger partial charge in [-0.15, -0.1) is 0 Å². The molecule has 59 heavy (non-hydrogen) atoms. The van der Waals surface area contributed by atoms with Gasteiger partial charge in [0.25, 0.3) is 0 Å². The predicted octanol–water partition coefficient (Wildman–Crippen LogP) is 5.62. The van der Waals surface area contributed by atoms with Gasteiger partial charge in [0.2, 0.25) is 11.8 Å². The van der Waals surface area contributed by atoms with Crippen LogP contribution in [0.3, 0.4) is 0 Å². The molecule has 0 aliphatic carbocycles. The van der Waals surface area contributed by atoms with Crippen molar-refractivity contribution in [3.05, 3.63) is 70.3 Å². The highest BCUT2D eigenvalue weighted by atomic mass is 19.1. The van der Waals surface area contributed by atoms with E-state index in [1.165, 1.54) is 33.9 Å². The van der Waals surface area contributed by atoms with E-state index in [2.05, 4.69) is 0 Å². The number of fused-ring (bicyclic) bond motifs is 4. The van der Waals surface area contributed by atoms with Crippen LogP contribution >= 0.6 is 0 Å². The van der Waals surface area contributed by atoms with Crippen molar-refractivity contribution in [1.82, 2.24) is 19.6 Å². The zero-order valence-electron chi connectivity index (χ0n) is 34.0. The Hall–Kier alpha value is -5.28. The minimum absolute atomic E-state index is 0.0779. The van der Waals surface area contributed by atoms with Gasteiger partial charge < -0.3 is 29.1 Å². The van der Waals surface area contributed by atoms with Gasteiger partial charge in [-0.05, 0) is 60.8 Å². The third-order valence-corrected chi connectivity index (χ3v) is 13.1. The summed E-state index contributed by atoms with van der Waals surface area (Å²) in [7, 11) is 1.29. The fourth-order valence-corrected chi connectivity index (χ4v) is 9.90. The smallest absolute Gasteiger partial charge is 0.410 e. The van der Waals surface area contributed by atoms with Crippen LogP contribution in [0, 0.1) is 35.3 Å². The van der Waals surface area contributed by atoms with Crippen molar-refractivity contribution in [2.24, 2.45) is 23.7 Å². The minimum atomic E-state index is -1.08. The first-order valence-corrected chi connectivity index (χ1v) is 20.5. The number of hydrogen-bond donors (Lipinski definition) is 1. The van der Waals surface area contributed by atoms with Crippen LogP contribution in [-0.2, 0) is 59.6 Å². The fraction of sp³-hybridized carbons (Fsp3) is 0.581. The number of carboxylic acid groups (broad SMARTS) is 1. The summed E-state index contributed by atoms with van der Waals surface area (Å²) in [5, 5.41) is 9.62. The molecule has 2 aromatic rings. The molecule has 1 N–H and O–H groups in total. The summed E-state index contributed by atoms with van der Waals surface area (Å²) in [5.74, 6) is -2.59. The lowest BCUT2D eigenvalue weighted by molar-refractivity contribution is -0.157. The number of carboxylic acids is 1. The van der Waals surface area contributed by atoms with Gasteiger partial charge in [-0.25, -0.2) is 28.0 Å². The van der Waals surface area contributed by atoms with Gasteiger partial charge in [-0.1, -0.05) is 52.0 Å². The standard InChI is InChI=1S/C22H27FN2O5.C21H25FN2O5/c1-12(2)14-7-8-17-19(9-18(21(27)29-3)25(17)20(14)26)30-22(28)24-10-13-5-4-6-16(23)15(13)11-24;1-11(2)13-6-7-16-18(8-17(20(26)27)24(16)19(13)25)29-21(28)23-9-12-4-3-5-15(22)14(12)10-23/h4-6,12,14,17-19H,7-11H2,1-3H3;3-5,11,13,16-18H,6-10H2,1-2H3,(H,26,27)/t14-,17-,18+,19-;13-,16-,17+,18-/m11/s1. The molecule has 6 aliphatic heterocycles. The molecule has 4 saturated heterocycles. The van der Waals surface area contributed by atoms with Gasteiger partial charge in [0, 0.05) is 48.9 Å². The summed E-state index contributed by atoms with van der Waals surface area (Å²) in [5.41, 5.74) is 2.49. The molecule has 4 fully saturated rings. The first kappa shape index (κ1) is 41.9. The Balaban J connectivity index is 0.000000179. The number of nitrogens with zero attached hydrogens (tertiary/aromatic N) is 4. The maximum absolute atomic E-state index is 14.0. The molecule has 14 nitrogen and oxygen atoms in total. The van der Waals surface area contributed by atoms with Crippen LogP contribution in [0.4, 0.5) is 18.4 Å². The van der Waals surface area contributed by atoms with E-state index in [0.717, 1.165) is 11.1 Å². The van der Waals surface area contributed by atoms with E-state index in [1.54, 1.807) is 29.2 Å². The van der Waals surface area contributed by atoms with Gasteiger partial charge in [0.15, 0.2) is 0 Å². The van der Waals surface area contributed by atoms with Gasteiger partial charge in [-0.3, -0.25) is 19.4 Å². The molecule has 6 aliphatic rings. The van der Waals surface area contributed by atoms with Crippen LogP contribution in [0.15, 0.2) is 36.4 Å². The Bertz CT molecular complexity index is 2010. The zero-order valence-corrected chi connectivity index (χ0v) is 34.0. The Labute approximate surface area is 341 Å². The Morgan fingerprint density at radius 1 is 0.661 bits per heavy atom. The molecule has 8 atom stereocenters. The van der Waals surface area contributed by atoms with Gasteiger partial charge in [-0.2, -0.15) is 0 Å². The molecule has 318 valence electrons. The van der Waals surface area contributed by atoms with Crippen LogP contribution in [0.25, 0.3) is 0 Å². The molecular weight excluding hydrogens is 770 g/mol. The van der Waals surface area contributed by atoms with Crippen LogP contribution in [0.5, 0.6) is 0 Å². The van der Waals surface area contributed by atoms with E-state index < -0.39 is 54.5 Å². The number of amides is 4. The summed E-state index contributed by atoms with van der Waals surface area (Å²) >= 11 is 0. The Morgan fingerprint density at radius 3 is 1.47 bits per heavy atom. The van der Waals surface area contributed by atoms with Crippen molar-refractivity contribution in [3.8, 4) is 0 Å². The summed E-state index contributed by atoms with van der Waals surface area (Å²) in [6, 6.07) is 7.02. The first-order valence-electron chi connectivity index (χ1n) is 20.5. The van der Waals surface area contributed by atoms with E-state index in [0.29, 0.717) is 36.8 Å². The van der Waals surface area contributed by atoms with Crippen LogP contribution in [0.2, 0.25) is 0 Å². The van der Waals surface area contributed by atoms with E-state index in [-0.39, 0.29) is 92.2 Å². The lowest BCUT2D eigenvalue weighted by Gasteiger charge is -2.39. The number of carbonyl (C=O) groups is 6. The second kappa shape index (κ2) is 16.8. The zero-order chi connectivity index (χ0) is 42.4. The average Bonchev–Trinajstić information content (AvgIpc) is 3.99. The van der Waals surface area contributed by atoms with Crippen molar-refractivity contribution in [2.45, 2.75) is 129 Å². The molecule has 0 unspecified atom stereocenters. The summed E-state index contributed by atoms with van der Waals surface area (Å²) < 4.78 is 44.3. The van der Waals surface area contributed by atoms with Crippen LogP contribution < -0.4 is 0 Å². The maximum Gasteiger partial charge on any atom is 0.410 e. The molecular formula is C43H52F2N4O10. The second-order valence-corrected chi connectivity index (χ2v) is 17.2. The highest BCUT2D eigenvalue weighted by Gasteiger charge is 2.55. The van der Waals surface area contributed by atoms with E-state index in [4.69, 9.17) is 14.2 Å². The molecule has 16 heteroatoms. The highest BCUT2D eigenvalue weighted by molar-refractivity contribution is 5.88. The molecule has 4 amide bonds. The quantitative estimate of drug-likeness (QED) is 0.286. The summed E-state index contributed by atoms with van der Waals surface area (Å²) in [4.78, 5) is 81.5. The minimum Gasteiger partial charge on any atom is -0.480 e. The molecule has 0 aromatic heterocycles. The number of methoxy groups -OCH3 is 1. The van der Waals surface area contributed by atoms with E-state index >= 15 is 0 Å². The van der Waals surface area contributed by atoms with E-state index in [1.807, 2.05) is 27.7 Å². The van der Waals surface area contributed by atoms with Crippen molar-refractivity contribution in [3.63, 3.8) is 0 Å². The predicted molar refractivity (Wildman–Crippen MR) is 205 cm³/mol. The largest absolute Gasteiger partial charge is 0.480 e. The molecule has 8 rings (SSSR count).